The molecule has 2 N–H and O–H groups in total. The van der Waals surface area contributed by atoms with E-state index >= 15 is 0 Å². The van der Waals surface area contributed by atoms with Crippen LogP contribution in [0.1, 0.15) is 44.8 Å². The van der Waals surface area contributed by atoms with Crippen molar-refractivity contribution in [2.45, 2.75) is 70.9 Å². The molecule has 2 aliphatic heterocycles. The number of halogens is 1. The van der Waals surface area contributed by atoms with Crippen LogP contribution in [0.25, 0.3) is 0 Å². The van der Waals surface area contributed by atoms with Gasteiger partial charge in [-0.3, -0.25) is 4.99 Å². The Balaban J connectivity index is 0.00000225. The Kier molecular flexibility index (Phi) is 6.86. The molecule has 0 bridgehead atoms. The number of methoxy groups -OCH3 is 1. The number of fused-ring (bicyclic) bond motifs is 2. The molecule has 0 radical (unpaired) electrons. The first-order valence-corrected chi connectivity index (χ1v) is 10.1. The molecule has 4 rings (SSSR count). The molecular formula is C19H33IN6O2. The second-order valence-corrected chi connectivity index (χ2v) is 8.55. The summed E-state index contributed by atoms with van der Waals surface area (Å²) in [4.78, 5) is 9.03. The Bertz CT molecular complexity index is 707. The van der Waals surface area contributed by atoms with Crippen LogP contribution in [0.2, 0.25) is 0 Å². The summed E-state index contributed by atoms with van der Waals surface area (Å²) in [6.07, 6.45) is 4.70. The number of hydrogen-bond acceptors (Lipinski definition) is 5. The molecule has 1 saturated carbocycles. The van der Waals surface area contributed by atoms with Crippen LogP contribution in [0, 0.1) is 11.3 Å². The summed E-state index contributed by atoms with van der Waals surface area (Å²) in [5.41, 5.74) is 0.128. The topological polar surface area (TPSA) is 85.6 Å². The second-order valence-electron chi connectivity index (χ2n) is 8.55. The molecule has 1 aliphatic carbocycles. The van der Waals surface area contributed by atoms with E-state index in [0.717, 1.165) is 50.0 Å². The Morgan fingerprint density at radius 1 is 1.36 bits per heavy atom. The molecule has 2 fully saturated rings. The van der Waals surface area contributed by atoms with Crippen molar-refractivity contribution >= 4 is 29.9 Å². The van der Waals surface area contributed by atoms with Crippen LogP contribution >= 0.6 is 24.0 Å². The van der Waals surface area contributed by atoms with Crippen molar-refractivity contribution in [3.63, 3.8) is 0 Å². The fourth-order valence-electron chi connectivity index (χ4n) is 5.00. The van der Waals surface area contributed by atoms with Crippen molar-refractivity contribution in [3.8, 4) is 0 Å². The van der Waals surface area contributed by atoms with E-state index < -0.39 is 0 Å². The third-order valence-electron chi connectivity index (χ3n) is 6.36. The highest BCUT2D eigenvalue weighted by atomic mass is 127. The maximum atomic E-state index is 6.02. The van der Waals surface area contributed by atoms with Crippen molar-refractivity contribution < 1.29 is 9.47 Å². The number of guanidine groups is 1. The van der Waals surface area contributed by atoms with Crippen LogP contribution in [0.5, 0.6) is 0 Å². The van der Waals surface area contributed by atoms with Crippen molar-refractivity contribution in [2.24, 2.45) is 16.3 Å². The molecule has 4 unspecified atom stereocenters. The third-order valence-corrected chi connectivity index (χ3v) is 6.36. The molecule has 1 saturated heterocycles. The van der Waals surface area contributed by atoms with E-state index in [1.165, 1.54) is 6.42 Å². The average Bonchev–Trinajstić information content (AvgIpc) is 3.07. The van der Waals surface area contributed by atoms with Crippen molar-refractivity contribution in [2.75, 3.05) is 20.8 Å². The minimum absolute atomic E-state index is 0. The number of aryl methyl sites for hydroxylation is 1. The Morgan fingerprint density at radius 2 is 2.18 bits per heavy atom. The molecule has 0 spiro atoms. The summed E-state index contributed by atoms with van der Waals surface area (Å²) in [6.45, 7) is 6.75. The number of hydrogen-bond donors (Lipinski definition) is 2. The molecule has 28 heavy (non-hydrogen) atoms. The van der Waals surface area contributed by atoms with E-state index in [1.807, 2.05) is 11.7 Å². The van der Waals surface area contributed by atoms with Crippen LogP contribution in [-0.2, 0) is 29.0 Å². The van der Waals surface area contributed by atoms with Gasteiger partial charge in [-0.1, -0.05) is 13.8 Å². The van der Waals surface area contributed by atoms with E-state index in [4.69, 9.17) is 9.47 Å². The van der Waals surface area contributed by atoms with Gasteiger partial charge in [0.05, 0.1) is 12.6 Å². The zero-order valence-corrected chi connectivity index (χ0v) is 19.6. The van der Waals surface area contributed by atoms with Gasteiger partial charge in [0.25, 0.3) is 0 Å². The Labute approximate surface area is 184 Å². The summed E-state index contributed by atoms with van der Waals surface area (Å²) < 4.78 is 13.2. The van der Waals surface area contributed by atoms with Gasteiger partial charge in [-0.2, -0.15) is 5.10 Å². The lowest BCUT2D eigenvalue weighted by atomic mass is 9.55. The highest BCUT2D eigenvalue weighted by Gasteiger charge is 2.58. The molecule has 3 heterocycles. The van der Waals surface area contributed by atoms with Crippen LogP contribution in [0.4, 0.5) is 0 Å². The maximum absolute atomic E-state index is 6.02. The molecular weight excluding hydrogens is 471 g/mol. The van der Waals surface area contributed by atoms with E-state index in [-0.39, 0.29) is 29.4 Å². The Morgan fingerprint density at radius 3 is 2.93 bits per heavy atom. The lowest BCUT2D eigenvalue weighted by Gasteiger charge is -2.60. The summed E-state index contributed by atoms with van der Waals surface area (Å²) in [5.74, 6) is 3.26. The van der Waals surface area contributed by atoms with E-state index in [2.05, 4.69) is 39.6 Å². The van der Waals surface area contributed by atoms with Crippen LogP contribution in [-0.4, -0.2) is 59.7 Å². The largest absolute Gasteiger partial charge is 0.377 e. The monoisotopic (exact) mass is 504 g/mol. The van der Waals surface area contributed by atoms with Gasteiger partial charge >= 0.3 is 0 Å². The number of aliphatic imine (C=N–C) groups is 1. The molecule has 1 aromatic rings. The highest BCUT2D eigenvalue weighted by Crippen LogP contribution is 2.51. The Hall–Kier alpha value is -0.940. The fraction of sp³-hybridized carbons (Fsp3) is 0.842. The minimum Gasteiger partial charge on any atom is -0.377 e. The van der Waals surface area contributed by atoms with Gasteiger partial charge in [-0.25, -0.2) is 9.67 Å². The predicted octanol–water partition coefficient (Wildman–Crippen LogP) is 1.73. The quantitative estimate of drug-likeness (QED) is 0.369. The number of aromatic nitrogens is 3. The smallest absolute Gasteiger partial charge is 0.191 e. The minimum atomic E-state index is 0. The zero-order valence-electron chi connectivity index (χ0n) is 17.3. The van der Waals surface area contributed by atoms with Gasteiger partial charge in [-0.15, -0.1) is 24.0 Å². The molecule has 4 atom stereocenters. The molecule has 1 aromatic heterocycles. The van der Waals surface area contributed by atoms with E-state index in [0.29, 0.717) is 30.7 Å². The highest BCUT2D eigenvalue weighted by molar-refractivity contribution is 14.0. The van der Waals surface area contributed by atoms with E-state index in [1.54, 1.807) is 7.11 Å². The maximum Gasteiger partial charge on any atom is 0.191 e. The molecule has 0 amide bonds. The van der Waals surface area contributed by atoms with Gasteiger partial charge in [-0.05, 0) is 19.3 Å². The first-order chi connectivity index (χ1) is 13.0. The van der Waals surface area contributed by atoms with Gasteiger partial charge in [0.15, 0.2) is 11.8 Å². The molecule has 8 nitrogen and oxygen atoms in total. The average molecular weight is 504 g/mol. The summed E-state index contributed by atoms with van der Waals surface area (Å²) in [6, 6.07) is 0.690. The first-order valence-electron chi connectivity index (χ1n) is 10.1. The number of ether oxygens (including phenoxy) is 2. The van der Waals surface area contributed by atoms with Gasteiger partial charge in [0, 0.05) is 50.6 Å². The zero-order chi connectivity index (χ0) is 19.0. The molecule has 158 valence electrons. The molecule has 0 aromatic carbocycles. The van der Waals surface area contributed by atoms with Crippen molar-refractivity contribution in [1.82, 2.24) is 25.4 Å². The van der Waals surface area contributed by atoms with Crippen molar-refractivity contribution in [3.05, 3.63) is 11.6 Å². The van der Waals surface area contributed by atoms with Crippen LogP contribution in [0.15, 0.2) is 4.99 Å². The first kappa shape index (κ1) is 21.8. The second kappa shape index (κ2) is 8.83. The molecule has 9 heteroatoms. The van der Waals surface area contributed by atoms with Crippen LogP contribution < -0.4 is 10.6 Å². The molecule has 3 aliphatic rings. The lowest BCUT2D eigenvalue weighted by molar-refractivity contribution is -0.188. The lowest BCUT2D eigenvalue weighted by Crippen LogP contribution is -2.71. The predicted molar refractivity (Wildman–Crippen MR) is 118 cm³/mol. The van der Waals surface area contributed by atoms with Gasteiger partial charge in [0.1, 0.15) is 12.4 Å². The van der Waals surface area contributed by atoms with Crippen LogP contribution in [0.3, 0.4) is 0 Å². The number of nitrogens with one attached hydrogen (secondary N) is 2. The number of rotatable bonds is 4. The fourth-order valence-corrected chi connectivity index (χ4v) is 5.00. The SMILES string of the molecule is CN=C(NC1CCc2nc(COC)nn2C1)NC1C2CCCOC2C1(C)C.I. The number of nitrogens with zero attached hydrogens (tertiary/aromatic N) is 4. The summed E-state index contributed by atoms with van der Waals surface area (Å²) in [5, 5.41) is 11.8. The van der Waals surface area contributed by atoms with Gasteiger partial charge < -0.3 is 20.1 Å². The van der Waals surface area contributed by atoms with Crippen molar-refractivity contribution in [1.29, 1.82) is 0 Å². The normalized spacial score (nSPS) is 31.1. The summed E-state index contributed by atoms with van der Waals surface area (Å²) >= 11 is 0. The van der Waals surface area contributed by atoms with E-state index in [9.17, 15) is 0 Å². The third kappa shape index (κ3) is 4.02. The van der Waals surface area contributed by atoms with Gasteiger partial charge in [0.2, 0.25) is 0 Å². The standard InChI is InChI=1S/C19H32N6O2.HI/c1-19(2)16(13-6-5-9-27-17(13)19)23-18(20-3)21-12-7-8-15-22-14(11-26-4)24-25(15)10-12;/h12-13,16-17H,5-11H2,1-4H3,(H2,20,21,23);1H. The summed E-state index contributed by atoms with van der Waals surface area (Å²) in [7, 11) is 3.51.